The highest BCUT2D eigenvalue weighted by Gasteiger charge is 2.14. The van der Waals surface area contributed by atoms with E-state index in [1.165, 1.54) is 6.08 Å². The third-order valence-electron chi connectivity index (χ3n) is 2.97. The van der Waals surface area contributed by atoms with E-state index in [0.29, 0.717) is 17.9 Å². The predicted molar refractivity (Wildman–Crippen MR) is 81.6 cm³/mol. The number of nitrogens with two attached hydrogens (primary N) is 1. The minimum atomic E-state index is -0.648. The summed E-state index contributed by atoms with van der Waals surface area (Å²) in [7, 11) is 0. The molecule has 0 fully saturated rings. The molecule has 0 aliphatic rings. The average Bonchev–Trinajstić information content (AvgIpc) is 3.04. The van der Waals surface area contributed by atoms with Crippen LogP contribution >= 0.6 is 0 Å². The Morgan fingerprint density at radius 2 is 2.04 bits per heavy atom. The van der Waals surface area contributed by atoms with E-state index in [2.05, 4.69) is 26.4 Å². The lowest BCUT2D eigenvalue weighted by molar-refractivity contribution is -0.114. The van der Waals surface area contributed by atoms with E-state index in [4.69, 9.17) is 4.42 Å². The Morgan fingerprint density at radius 3 is 2.74 bits per heavy atom. The number of amides is 1. The molecule has 1 aromatic heterocycles. The molecule has 118 valence electrons. The largest absolute Gasteiger partial charge is 0.462 e. The molecule has 0 saturated heterocycles. The van der Waals surface area contributed by atoms with Crippen LogP contribution in [0, 0.1) is 4.91 Å². The second kappa shape index (κ2) is 8.35. The zero-order valence-electron chi connectivity index (χ0n) is 12.0. The SMILES string of the molecule is NON=NC(=O)/C=C/c1ccc(CC(N=O)c2ccccc2)o1. The van der Waals surface area contributed by atoms with Crippen molar-refractivity contribution in [2.45, 2.75) is 12.5 Å². The van der Waals surface area contributed by atoms with Gasteiger partial charge in [-0.2, -0.15) is 4.91 Å². The van der Waals surface area contributed by atoms with Gasteiger partial charge in [0.15, 0.2) is 0 Å². The molecule has 2 aromatic rings. The highest BCUT2D eigenvalue weighted by molar-refractivity contribution is 5.91. The van der Waals surface area contributed by atoms with Gasteiger partial charge in [0.25, 0.3) is 5.91 Å². The van der Waals surface area contributed by atoms with Gasteiger partial charge in [0.1, 0.15) is 17.6 Å². The van der Waals surface area contributed by atoms with Gasteiger partial charge in [0, 0.05) is 12.5 Å². The molecule has 0 aliphatic heterocycles. The second-order valence-electron chi connectivity index (χ2n) is 4.50. The van der Waals surface area contributed by atoms with Crippen LogP contribution in [0.2, 0.25) is 0 Å². The number of nitrogens with zero attached hydrogens (tertiary/aromatic N) is 3. The lowest BCUT2D eigenvalue weighted by atomic mass is 10.0. The normalized spacial score (nSPS) is 12.6. The number of hydrogen-bond acceptors (Lipinski definition) is 7. The predicted octanol–water partition coefficient (Wildman–Crippen LogP) is 3.13. The Kier molecular flexibility index (Phi) is 5.89. The van der Waals surface area contributed by atoms with Gasteiger partial charge in [-0.05, 0) is 23.8 Å². The fraction of sp³-hybridized carbons (Fsp3) is 0.133. The summed E-state index contributed by atoms with van der Waals surface area (Å²) in [5.41, 5.74) is 0.813. The van der Waals surface area contributed by atoms with E-state index >= 15 is 0 Å². The van der Waals surface area contributed by atoms with E-state index in [1.54, 1.807) is 12.1 Å². The summed E-state index contributed by atoms with van der Waals surface area (Å²) in [5, 5.41) is 9.15. The van der Waals surface area contributed by atoms with Crippen LogP contribution in [0.4, 0.5) is 0 Å². The van der Waals surface area contributed by atoms with E-state index in [9.17, 15) is 9.70 Å². The van der Waals surface area contributed by atoms with Gasteiger partial charge >= 0.3 is 0 Å². The molecule has 23 heavy (non-hydrogen) atoms. The summed E-state index contributed by atoms with van der Waals surface area (Å²) in [6.07, 6.45) is 2.90. The van der Waals surface area contributed by atoms with Crippen LogP contribution in [-0.4, -0.2) is 5.91 Å². The molecule has 1 amide bonds. The van der Waals surface area contributed by atoms with E-state index in [1.807, 2.05) is 30.3 Å². The summed E-state index contributed by atoms with van der Waals surface area (Å²) in [6.45, 7) is 0. The lowest BCUT2D eigenvalue weighted by Gasteiger charge is -2.06. The van der Waals surface area contributed by atoms with Crippen molar-refractivity contribution < 1.29 is 14.2 Å². The maximum absolute atomic E-state index is 11.2. The zero-order chi connectivity index (χ0) is 16.5. The first-order valence-electron chi connectivity index (χ1n) is 6.68. The van der Waals surface area contributed by atoms with Crippen LogP contribution in [0.25, 0.3) is 6.08 Å². The first-order chi connectivity index (χ1) is 11.2. The van der Waals surface area contributed by atoms with Gasteiger partial charge < -0.3 is 4.42 Å². The summed E-state index contributed by atoms with van der Waals surface area (Å²) in [5.74, 6) is 4.98. The molecule has 1 atom stereocenters. The van der Waals surface area contributed by atoms with Crippen molar-refractivity contribution in [1.82, 2.24) is 0 Å². The Bertz CT molecular complexity index is 709. The van der Waals surface area contributed by atoms with E-state index < -0.39 is 11.9 Å². The van der Waals surface area contributed by atoms with Crippen molar-refractivity contribution in [3.63, 3.8) is 0 Å². The maximum Gasteiger partial charge on any atom is 0.291 e. The van der Waals surface area contributed by atoms with Crippen molar-refractivity contribution in [2.24, 2.45) is 21.5 Å². The van der Waals surface area contributed by atoms with E-state index in [-0.39, 0.29) is 0 Å². The standard InChI is InChI=1S/C15H14N4O4/c16-23-19-17-15(20)9-8-12-6-7-13(22-12)10-14(18-21)11-4-2-1-3-5-11/h1-9,14H,10,16H2/b9-8+,19-17?. The quantitative estimate of drug-likeness (QED) is 0.364. The zero-order valence-corrected chi connectivity index (χ0v) is 12.0. The van der Waals surface area contributed by atoms with Gasteiger partial charge in [0.2, 0.25) is 0 Å². The number of carbonyl (C=O) groups excluding carboxylic acids is 1. The smallest absolute Gasteiger partial charge is 0.291 e. The van der Waals surface area contributed by atoms with Crippen LogP contribution in [-0.2, 0) is 16.2 Å². The van der Waals surface area contributed by atoms with Crippen molar-refractivity contribution in [2.75, 3.05) is 0 Å². The summed E-state index contributed by atoms with van der Waals surface area (Å²) >= 11 is 0. The van der Waals surface area contributed by atoms with Crippen LogP contribution in [0.1, 0.15) is 23.1 Å². The van der Waals surface area contributed by atoms with Crippen molar-refractivity contribution >= 4 is 12.0 Å². The first kappa shape index (κ1) is 16.2. The Morgan fingerprint density at radius 1 is 1.26 bits per heavy atom. The number of rotatable bonds is 7. The van der Waals surface area contributed by atoms with Gasteiger partial charge in [0.05, 0.1) is 5.28 Å². The molecule has 8 heteroatoms. The molecule has 1 aromatic carbocycles. The molecular formula is C15H14N4O4. The fourth-order valence-corrected chi connectivity index (χ4v) is 1.93. The molecular weight excluding hydrogens is 300 g/mol. The Hall–Kier alpha value is -3.13. The molecule has 1 unspecified atom stereocenters. The number of hydrogen-bond donors (Lipinski definition) is 1. The van der Waals surface area contributed by atoms with Crippen LogP contribution in [0.15, 0.2) is 68.5 Å². The van der Waals surface area contributed by atoms with Crippen LogP contribution < -0.4 is 5.90 Å². The number of carbonyl (C=O) groups is 1. The second-order valence-corrected chi connectivity index (χ2v) is 4.50. The summed E-state index contributed by atoms with van der Waals surface area (Å²) in [6, 6.07) is 12.1. The summed E-state index contributed by atoms with van der Waals surface area (Å²) < 4.78 is 5.53. The van der Waals surface area contributed by atoms with Gasteiger partial charge in [-0.15, -0.1) is 5.90 Å². The summed E-state index contributed by atoms with van der Waals surface area (Å²) in [4.78, 5) is 26.1. The monoisotopic (exact) mass is 314 g/mol. The van der Waals surface area contributed by atoms with Gasteiger partial charge in [-0.25, -0.2) is 0 Å². The highest BCUT2D eigenvalue weighted by Crippen LogP contribution is 2.23. The molecule has 8 nitrogen and oxygen atoms in total. The van der Waals surface area contributed by atoms with Crippen molar-refractivity contribution in [3.05, 3.63) is 70.5 Å². The first-order valence-corrected chi connectivity index (χ1v) is 6.68. The number of benzene rings is 1. The van der Waals surface area contributed by atoms with Gasteiger partial charge in [-0.1, -0.05) is 40.6 Å². The Balaban J connectivity index is 2.01. The van der Waals surface area contributed by atoms with Crippen molar-refractivity contribution in [1.29, 1.82) is 0 Å². The Labute approximate surface area is 131 Å². The highest BCUT2D eigenvalue weighted by atomic mass is 16.8. The van der Waals surface area contributed by atoms with E-state index in [0.717, 1.165) is 11.6 Å². The van der Waals surface area contributed by atoms with Crippen LogP contribution in [0.3, 0.4) is 0 Å². The molecule has 0 saturated carbocycles. The molecule has 0 aliphatic carbocycles. The molecule has 2 N–H and O–H groups in total. The molecule has 0 bridgehead atoms. The average molecular weight is 314 g/mol. The topological polar surface area (TPSA) is 120 Å². The number of nitroso groups, excluding NO2 is 1. The van der Waals surface area contributed by atoms with Crippen LogP contribution in [0.5, 0.6) is 0 Å². The lowest BCUT2D eigenvalue weighted by Crippen LogP contribution is -1.98. The third-order valence-corrected chi connectivity index (χ3v) is 2.97. The minimum absolute atomic E-state index is 0.329. The molecule has 0 spiro atoms. The third kappa shape index (κ3) is 4.97. The fourth-order valence-electron chi connectivity index (χ4n) is 1.93. The van der Waals surface area contributed by atoms with Crippen molar-refractivity contribution in [3.8, 4) is 0 Å². The molecule has 2 rings (SSSR count). The minimum Gasteiger partial charge on any atom is -0.462 e. The maximum atomic E-state index is 11.2. The molecule has 1 heterocycles. The number of furan rings is 1. The molecule has 0 radical (unpaired) electrons. The van der Waals surface area contributed by atoms with Gasteiger partial charge in [-0.3, -0.25) is 9.73 Å².